The highest BCUT2D eigenvalue weighted by Gasteiger charge is 2.36. The third-order valence-corrected chi connectivity index (χ3v) is 5.08. The van der Waals surface area contributed by atoms with Crippen LogP contribution in [-0.4, -0.2) is 28.3 Å². The Kier molecular flexibility index (Phi) is 5.60. The molecule has 0 aliphatic carbocycles. The second-order valence-electron chi connectivity index (χ2n) is 7.13. The Morgan fingerprint density at radius 1 is 1.19 bits per heavy atom. The number of hydrazone groups is 1. The van der Waals surface area contributed by atoms with Crippen LogP contribution < -0.4 is 10.3 Å². The number of carbonyl (C=O) groups excluding carboxylic acids is 1. The Morgan fingerprint density at radius 3 is 2.56 bits per heavy atom. The van der Waals surface area contributed by atoms with Crippen molar-refractivity contribution in [2.24, 2.45) is 5.10 Å². The summed E-state index contributed by atoms with van der Waals surface area (Å²) < 4.78 is 50.4. The van der Waals surface area contributed by atoms with E-state index in [2.05, 4.69) is 5.10 Å². The molecule has 2 aromatic heterocycles. The third-order valence-electron chi connectivity index (χ3n) is 5.08. The number of rotatable bonds is 5. The van der Waals surface area contributed by atoms with E-state index in [4.69, 9.17) is 9.15 Å². The molecule has 32 heavy (non-hydrogen) atoms. The second-order valence-corrected chi connectivity index (χ2v) is 7.13. The first-order valence-electron chi connectivity index (χ1n) is 9.61. The number of ether oxygens (including phenoxy) is 1. The number of alkyl halides is 3. The van der Waals surface area contributed by atoms with Crippen LogP contribution in [0.5, 0.6) is 5.75 Å². The van der Waals surface area contributed by atoms with Gasteiger partial charge in [-0.3, -0.25) is 9.59 Å². The molecule has 0 radical (unpaired) electrons. The highest BCUT2D eigenvalue weighted by atomic mass is 19.4. The smallest absolute Gasteiger partial charge is 0.417 e. The first-order valence-corrected chi connectivity index (χ1v) is 9.61. The van der Waals surface area contributed by atoms with Gasteiger partial charge in [-0.15, -0.1) is 0 Å². The number of aromatic nitrogens is 1. The van der Waals surface area contributed by atoms with Crippen molar-refractivity contribution in [3.63, 3.8) is 0 Å². The summed E-state index contributed by atoms with van der Waals surface area (Å²) in [5.74, 6) is 0.491. The first-order chi connectivity index (χ1) is 15.3. The van der Waals surface area contributed by atoms with Gasteiger partial charge in [-0.1, -0.05) is 0 Å². The molecule has 0 saturated carbocycles. The van der Waals surface area contributed by atoms with Gasteiger partial charge in [-0.2, -0.15) is 18.3 Å². The van der Waals surface area contributed by atoms with Crippen molar-refractivity contribution < 1.29 is 27.1 Å². The van der Waals surface area contributed by atoms with Crippen LogP contribution in [0.3, 0.4) is 0 Å². The van der Waals surface area contributed by atoms with Crippen molar-refractivity contribution in [2.75, 3.05) is 7.11 Å². The van der Waals surface area contributed by atoms with Gasteiger partial charge in [0.15, 0.2) is 0 Å². The van der Waals surface area contributed by atoms with Crippen molar-refractivity contribution >= 4 is 11.6 Å². The fourth-order valence-electron chi connectivity index (χ4n) is 3.44. The summed E-state index contributed by atoms with van der Waals surface area (Å²) in [6, 6.07) is 11.3. The molecule has 0 fully saturated rings. The van der Waals surface area contributed by atoms with Gasteiger partial charge in [-0.05, 0) is 48.0 Å². The minimum atomic E-state index is -4.64. The molecular formula is C22H18F3N3O4. The molecule has 3 aromatic rings. The van der Waals surface area contributed by atoms with E-state index in [1.54, 1.807) is 43.5 Å². The predicted molar refractivity (Wildman–Crippen MR) is 108 cm³/mol. The maximum absolute atomic E-state index is 13.0. The van der Waals surface area contributed by atoms with E-state index in [0.29, 0.717) is 35.9 Å². The summed E-state index contributed by atoms with van der Waals surface area (Å²) in [6.07, 6.45) is -2.21. The van der Waals surface area contributed by atoms with Crippen LogP contribution in [0.15, 0.2) is 75.3 Å². The van der Waals surface area contributed by atoms with Gasteiger partial charge in [0.1, 0.15) is 24.1 Å². The number of methoxy groups -OCH3 is 1. The van der Waals surface area contributed by atoms with Crippen LogP contribution in [0.2, 0.25) is 0 Å². The number of furan rings is 1. The third kappa shape index (κ3) is 4.29. The number of pyridine rings is 1. The molecule has 3 heterocycles. The summed E-state index contributed by atoms with van der Waals surface area (Å²) in [5.41, 5.74) is -0.386. The minimum absolute atomic E-state index is 0.336. The molecule has 1 amide bonds. The Morgan fingerprint density at radius 2 is 1.94 bits per heavy atom. The lowest BCUT2D eigenvalue weighted by Crippen LogP contribution is -2.34. The van der Waals surface area contributed by atoms with Gasteiger partial charge < -0.3 is 13.7 Å². The first kappa shape index (κ1) is 21.4. The van der Waals surface area contributed by atoms with E-state index in [1.165, 1.54) is 6.26 Å². The van der Waals surface area contributed by atoms with Crippen LogP contribution >= 0.6 is 0 Å². The molecule has 10 heteroatoms. The van der Waals surface area contributed by atoms with Crippen LogP contribution in [0.1, 0.15) is 29.3 Å². The molecule has 4 rings (SSSR count). The topological polar surface area (TPSA) is 77.0 Å². The summed E-state index contributed by atoms with van der Waals surface area (Å²) in [5, 5.41) is 5.57. The van der Waals surface area contributed by atoms with Crippen molar-refractivity contribution in [1.29, 1.82) is 0 Å². The number of nitrogens with zero attached hydrogens (tertiary/aromatic N) is 3. The van der Waals surface area contributed by atoms with Gasteiger partial charge in [0.05, 0.1) is 24.6 Å². The van der Waals surface area contributed by atoms with Gasteiger partial charge in [0.2, 0.25) is 0 Å². The average Bonchev–Trinajstić information content (AvgIpc) is 3.44. The molecule has 0 N–H and O–H groups in total. The summed E-state index contributed by atoms with van der Waals surface area (Å²) in [6.45, 7) is -0.598. The number of benzene rings is 1. The van der Waals surface area contributed by atoms with E-state index in [-0.39, 0.29) is 0 Å². The SMILES string of the molecule is COc1ccc(C2=NN(C(=O)Cn3cc(C(F)(F)F)ccc3=O)C(c3ccco3)C2)cc1. The van der Waals surface area contributed by atoms with Gasteiger partial charge in [-0.25, -0.2) is 5.01 Å². The number of amides is 1. The van der Waals surface area contributed by atoms with Gasteiger partial charge >= 0.3 is 6.18 Å². The van der Waals surface area contributed by atoms with Gasteiger partial charge in [0.25, 0.3) is 11.5 Å². The van der Waals surface area contributed by atoms with Crippen LogP contribution in [0.25, 0.3) is 0 Å². The summed E-state index contributed by atoms with van der Waals surface area (Å²) in [4.78, 5) is 25.1. The molecular weight excluding hydrogens is 427 g/mol. The maximum atomic E-state index is 13.0. The van der Waals surface area contributed by atoms with E-state index >= 15 is 0 Å². The number of carbonyl (C=O) groups is 1. The number of halogens is 3. The molecule has 1 aromatic carbocycles. The van der Waals surface area contributed by atoms with Crippen LogP contribution in [0.4, 0.5) is 13.2 Å². The maximum Gasteiger partial charge on any atom is 0.417 e. The lowest BCUT2D eigenvalue weighted by molar-refractivity contribution is -0.139. The van der Waals surface area contributed by atoms with Gasteiger partial charge in [0, 0.05) is 18.7 Å². The van der Waals surface area contributed by atoms with Crippen LogP contribution in [-0.2, 0) is 17.5 Å². The monoisotopic (exact) mass is 445 g/mol. The molecule has 1 aliphatic rings. The van der Waals surface area contributed by atoms with E-state index in [9.17, 15) is 22.8 Å². The molecule has 7 nitrogen and oxygen atoms in total. The Bertz CT molecular complexity index is 1200. The zero-order valence-electron chi connectivity index (χ0n) is 16.9. The molecule has 1 unspecified atom stereocenters. The largest absolute Gasteiger partial charge is 0.497 e. The van der Waals surface area contributed by atoms with Crippen LogP contribution in [0, 0.1) is 0 Å². The predicted octanol–water partition coefficient (Wildman–Crippen LogP) is 3.85. The van der Waals surface area contributed by atoms with Crippen molar-refractivity contribution in [2.45, 2.75) is 25.2 Å². The van der Waals surface area contributed by atoms with Crippen molar-refractivity contribution in [3.05, 3.63) is 88.2 Å². The average molecular weight is 445 g/mol. The highest BCUT2D eigenvalue weighted by molar-refractivity contribution is 6.03. The fourth-order valence-corrected chi connectivity index (χ4v) is 3.44. The fraction of sp³-hybridized carbons (Fsp3) is 0.227. The molecule has 0 bridgehead atoms. The van der Waals surface area contributed by atoms with E-state index < -0.39 is 35.8 Å². The zero-order chi connectivity index (χ0) is 22.9. The van der Waals surface area contributed by atoms with E-state index in [1.807, 2.05) is 0 Å². The summed E-state index contributed by atoms with van der Waals surface area (Å²) in [7, 11) is 1.55. The van der Waals surface area contributed by atoms with Crippen molar-refractivity contribution in [1.82, 2.24) is 9.58 Å². The highest BCUT2D eigenvalue weighted by Crippen LogP contribution is 2.34. The Labute approximate surface area is 180 Å². The molecule has 1 aliphatic heterocycles. The molecule has 1 atom stereocenters. The second kappa shape index (κ2) is 8.37. The lowest BCUT2D eigenvalue weighted by Gasteiger charge is -2.20. The lowest BCUT2D eigenvalue weighted by atomic mass is 10.0. The Hall–Kier alpha value is -3.82. The van der Waals surface area contributed by atoms with E-state index in [0.717, 1.165) is 21.2 Å². The minimum Gasteiger partial charge on any atom is -0.497 e. The quantitative estimate of drug-likeness (QED) is 0.598. The standard InChI is InChI=1S/C22H18F3N3O4/c1-31-16-7-4-14(5-8-16)17-11-18(19-3-2-10-32-19)28(26-17)21(30)13-27-12-15(22(23,24)25)6-9-20(27)29/h2-10,12,18H,11,13H2,1H3. The Balaban J connectivity index is 1.64. The van der Waals surface area contributed by atoms with Crippen molar-refractivity contribution in [3.8, 4) is 5.75 Å². The number of hydrogen-bond acceptors (Lipinski definition) is 5. The normalized spacial score (nSPS) is 16.2. The molecule has 166 valence electrons. The summed E-state index contributed by atoms with van der Waals surface area (Å²) >= 11 is 0. The molecule has 0 spiro atoms. The zero-order valence-corrected chi connectivity index (χ0v) is 16.9. The molecule has 0 saturated heterocycles. The number of hydrogen-bond donors (Lipinski definition) is 0.